The van der Waals surface area contributed by atoms with Gasteiger partial charge in [0.2, 0.25) is 0 Å². The smallest absolute Gasteiger partial charge is 0.0971 e. The van der Waals surface area contributed by atoms with Crippen molar-refractivity contribution in [3.63, 3.8) is 0 Å². The Kier molecular flexibility index (Phi) is 4.76. The van der Waals surface area contributed by atoms with E-state index < -0.39 is 6.10 Å². The second-order valence-corrected chi connectivity index (χ2v) is 4.92. The second-order valence-electron chi connectivity index (χ2n) is 4.92. The zero-order chi connectivity index (χ0) is 13.8. The molecule has 1 fully saturated rings. The molecule has 3 N–H and O–H groups in total. The SMILES string of the molecule is COC1CN(CC(O)Cn2cc(N)cn2)CC1OC. The maximum atomic E-state index is 10.1. The van der Waals surface area contributed by atoms with E-state index in [0.717, 1.165) is 13.1 Å². The molecule has 3 atom stereocenters. The molecule has 7 nitrogen and oxygen atoms in total. The van der Waals surface area contributed by atoms with Gasteiger partial charge in [0, 0.05) is 40.1 Å². The molecular weight excluding hydrogens is 248 g/mol. The van der Waals surface area contributed by atoms with Crippen LogP contribution in [0.4, 0.5) is 5.69 Å². The summed E-state index contributed by atoms with van der Waals surface area (Å²) in [5, 5.41) is 14.1. The van der Waals surface area contributed by atoms with Gasteiger partial charge in [-0.1, -0.05) is 0 Å². The van der Waals surface area contributed by atoms with Crippen LogP contribution in [0, 0.1) is 0 Å². The van der Waals surface area contributed by atoms with Crippen LogP contribution in [0.2, 0.25) is 0 Å². The molecule has 1 aliphatic heterocycles. The highest BCUT2D eigenvalue weighted by atomic mass is 16.5. The largest absolute Gasteiger partial charge is 0.396 e. The predicted octanol–water partition coefficient (Wildman–Crippen LogP) is -0.828. The highest BCUT2D eigenvalue weighted by Gasteiger charge is 2.33. The second kappa shape index (κ2) is 6.33. The van der Waals surface area contributed by atoms with E-state index in [-0.39, 0.29) is 12.2 Å². The van der Waals surface area contributed by atoms with Gasteiger partial charge in [0.25, 0.3) is 0 Å². The Balaban J connectivity index is 1.81. The van der Waals surface area contributed by atoms with Crippen LogP contribution in [0.15, 0.2) is 12.4 Å². The van der Waals surface area contributed by atoms with Crippen LogP contribution in [-0.4, -0.2) is 72.0 Å². The quantitative estimate of drug-likeness (QED) is 0.702. The van der Waals surface area contributed by atoms with Crippen LogP contribution in [0.3, 0.4) is 0 Å². The first-order valence-electron chi connectivity index (χ1n) is 6.36. The fraction of sp³-hybridized carbons (Fsp3) is 0.750. The van der Waals surface area contributed by atoms with Crippen molar-refractivity contribution in [3.05, 3.63) is 12.4 Å². The summed E-state index contributed by atoms with van der Waals surface area (Å²) in [6, 6.07) is 0. The normalized spacial score (nSPS) is 25.8. The summed E-state index contributed by atoms with van der Waals surface area (Å²) in [6.45, 7) is 2.54. The van der Waals surface area contributed by atoms with Crippen molar-refractivity contribution in [3.8, 4) is 0 Å². The summed E-state index contributed by atoms with van der Waals surface area (Å²) < 4.78 is 12.4. The lowest BCUT2D eigenvalue weighted by Crippen LogP contribution is -2.34. The Bertz CT molecular complexity index is 386. The van der Waals surface area contributed by atoms with Crippen molar-refractivity contribution in [2.24, 2.45) is 0 Å². The monoisotopic (exact) mass is 270 g/mol. The van der Waals surface area contributed by atoms with Gasteiger partial charge < -0.3 is 20.3 Å². The van der Waals surface area contributed by atoms with Gasteiger partial charge in [-0.05, 0) is 0 Å². The van der Waals surface area contributed by atoms with Crippen molar-refractivity contribution >= 4 is 5.69 Å². The van der Waals surface area contributed by atoms with E-state index in [1.54, 1.807) is 31.3 Å². The molecular formula is C12H22N4O3. The van der Waals surface area contributed by atoms with Crippen molar-refractivity contribution in [1.29, 1.82) is 0 Å². The molecule has 0 saturated carbocycles. The minimum atomic E-state index is -0.493. The number of hydrogen-bond acceptors (Lipinski definition) is 6. The first kappa shape index (κ1) is 14.3. The third-order valence-electron chi connectivity index (χ3n) is 3.42. The van der Waals surface area contributed by atoms with Crippen molar-refractivity contribution < 1.29 is 14.6 Å². The molecule has 2 heterocycles. The fourth-order valence-corrected chi connectivity index (χ4v) is 2.47. The lowest BCUT2D eigenvalue weighted by Gasteiger charge is -2.19. The number of aliphatic hydroxyl groups excluding tert-OH is 1. The Labute approximate surface area is 112 Å². The Morgan fingerprint density at radius 2 is 2.00 bits per heavy atom. The topological polar surface area (TPSA) is 85.8 Å². The van der Waals surface area contributed by atoms with Gasteiger partial charge in [-0.3, -0.25) is 9.58 Å². The fourth-order valence-electron chi connectivity index (χ4n) is 2.47. The van der Waals surface area contributed by atoms with Gasteiger partial charge >= 0.3 is 0 Å². The van der Waals surface area contributed by atoms with Gasteiger partial charge in [-0.2, -0.15) is 5.10 Å². The first-order valence-corrected chi connectivity index (χ1v) is 6.36. The molecule has 0 aliphatic carbocycles. The molecule has 2 rings (SSSR count). The number of ether oxygens (including phenoxy) is 2. The molecule has 1 aliphatic rings. The average molecular weight is 270 g/mol. The van der Waals surface area contributed by atoms with Gasteiger partial charge in [-0.25, -0.2) is 0 Å². The van der Waals surface area contributed by atoms with Crippen molar-refractivity contribution in [1.82, 2.24) is 14.7 Å². The van der Waals surface area contributed by atoms with Crippen molar-refractivity contribution in [2.45, 2.75) is 24.9 Å². The highest BCUT2D eigenvalue weighted by molar-refractivity contribution is 5.30. The molecule has 1 aromatic heterocycles. The molecule has 19 heavy (non-hydrogen) atoms. The average Bonchev–Trinajstić information content (AvgIpc) is 2.95. The molecule has 1 saturated heterocycles. The van der Waals surface area contributed by atoms with E-state index in [1.165, 1.54) is 0 Å². The van der Waals surface area contributed by atoms with Crippen LogP contribution < -0.4 is 5.73 Å². The minimum Gasteiger partial charge on any atom is -0.396 e. The number of nitrogens with two attached hydrogens (primary N) is 1. The molecule has 0 aromatic carbocycles. The summed E-state index contributed by atoms with van der Waals surface area (Å²) in [7, 11) is 3.37. The van der Waals surface area contributed by atoms with Crippen LogP contribution in [-0.2, 0) is 16.0 Å². The summed E-state index contributed by atoms with van der Waals surface area (Å²) in [6.07, 6.45) is 2.93. The van der Waals surface area contributed by atoms with E-state index in [4.69, 9.17) is 15.2 Å². The Morgan fingerprint density at radius 3 is 2.47 bits per heavy atom. The Hall–Kier alpha value is -1.15. The Morgan fingerprint density at radius 1 is 1.37 bits per heavy atom. The summed E-state index contributed by atoms with van der Waals surface area (Å²) in [5.74, 6) is 0. The molecule has 1 aromatic rings. The van der Waals surface area contributed by atoms with E-state index in [0.29, 0.717) is 18.8 Å². The third-order valence-corrected chi connectivity index (χ3v) is 3.42. The highest BCUT2D eigenvalue weighted by Crippen LogP contribution is 2.16. The number of aliphatic hydroxyl groups is 1. The van der Waals surface area contributed by atoms with Crippen LogP contribution in [0.1, 0.15) is 0 Å². The molecule has 0 spiro atoms. The van der Waals surface area contributed by atoms with Crippen LogP contribution in [0.5, 0.6) is 0 Å². The maximum Gasteiger partial charge on any atom is 0.0971 e. The molecule has 0 amide bonds. The van der Waals surface area contributed by atoms with Gasteiger partial charge in [0.1, 0.15) is 0 Å². The summed E-state index contributed by atoms with van der Waals surface area (Å²) in [4.78, 5) is 2.14. The zero-order valence-electron chi connectivity index (χ0n) is 11.4. The number of rotatable bonds is 6. The van der Waals surface area contributed by atoms with E-state index in [9.17, 15) is 5.11 Å². The minimum absolute atomic E-state index is 0.0672. The first-order chi connectivity index (χ1) is 9.12. The number of aromatic nitrogens is 2. The molecule has 7 heteroatoms. The zero-order valence-corrected chi connectivity index (χ0v) is 11.4. The standard InChI is InChI=1S/C12H22N4O3/c1-18-11-7-15(8-12(11)19-2)5-10(17)6-16-4-9(13)3-14-16/h3-4,10-12,17H,5-8,13H2,1-2H3. The number of likely N-dealkylation sites (tertiary alicyclic amines) is 1. The molecule has 108 valence electrons. The number of hydrogen-bond donors (Lipinski definition) is 2. The molecule has 0 radical (unpaired) electrons. The number of nitrogens with zero attached hydrogens (tertiary/aromatic N) is 3. The molecule has 0 bridgehead atoms. The number of anilines is 1. The lowest BCUT2D eigenvalue weighted by atomic mass is 10.3. The van der Waals surface area contributed by atoms with Gasteiger partial charge in [0.15, 0.2) is 0 Å². The van der Waals surface area contributed by atoms with E-state index in [2.05, 4.69) is 10.00 Å². The summed E-state index contributed by atoms with van der Waals surface area (Å²) >= 11 is 0. The van der Waals surface area contributed by atoms with Crippen LogP contribution in [0.25, 0.3) is 0 Å². The third kappa shape index (κ3) is 3.66. The van der Waals surface area contributed by atoms with Gasteiger partial charge in [-0.15, -0.1) is 0 Å². The number of β-amino-alcohol motifs (C(OH)–C–C–N with tert-alkyl or cyclic N) is 1. The van der Waals surface area contributed by atoms with E-state index >= 15 is 0 Å². The summed E-state index contributed by atoms with van der Waals surface area (Å²) in [5.41, 5.74) is 6.19. The number of nitrogen functional groups attached to an aromatic ring is 1. The lowest BCUT2D eigenvalue weighted by molar-refractivity contribution is -0.00461. The predicted molar refractivity (Wildman–Crippen MR) is 70.7 cm³/mol. The van der Waals surface area contributed by atoms with Crippen molar-refractivity contribution in [2.75, 3.05) is 39.6 Å². The molecule has 3 unspecified atom stereocenters. The number of methoxy groups -OCH3 is 2. The van der Waals surface area contributed by atoms with E-state index in [1.807, 2.05) is 0 Å². The van der Waals surface area contributed by atoms with Gasteiger partial charge in [0.05, 0.1) is 36.7 Å². The maximum absolute atomic E-state index is 10.1. The van der Waals surface area contributed by atoms with Crippen LogP contribution >= 0.6 is 0 Å².